The van der Waals surface area contributed by atoms with Crippen LogP contribution in [0, 0.1) is 3.57 Å². The van der Waals surface area contributed by atoms with Crippen molar-refractivity contribution >= 4 is 38.5 Å². The minimum atomic E-state index is -4.63. The molecule has 0 aliphatic rings. The van der Waals surface area contributed by atoms with Crippen molar-refractivity contribution in [3.05, 3.63) is 27.3 Å². The van der Waals surface area contributed by atoms with Crippen LogP contribution < -0.4 is 4.74 Å². The summed E-state index contributed by atoms with van der Waals surface area (Å²) >= 11 is 5.17. The molecule has 0 aromatic heterocycles. The van der Waals surface area contributed by atoms with Crippen LogP contribution in [0.15, 0.2) is 18.2 Å². The van der Waals surface area contributed by atoms with Crippen molar-refractivity contribution in [2.75, 3.05) is 5.33 Å². The van der Waals surface area contributed by atoms with Gasteiger partial charge in [-0.2, -0.15) is 0 Å². The Bertz CT molecular complexity index is 354. The smallest absolute Gasteiger partial charge is 0.405 e. The standard InChI is InChI=1S/C10H9BrF3IO/c11-6-2-4-7-3-1-5-8(9(7)15)16-10(12,13)14/h1,3,5H,2,4,6H2. The molecule has 0 atom stereocenters. The molecule has 0 heterocycles. The highest BCUT2D eigenvalue weighted by Gasteiger charge is 2.32. The summed E-state index contributed by atoms with van der Waals surface area (Å²) in [7, 11) is 0. The molecule has 1 rings (SSSR count). The van der Waals surface area contributed by atoms with Crippen molar-refractivity contribution in [1.29, 1.82) is 0 Å². The van der Waals surface area contributed by atoms with Crippen LogP contribution in [-0.2, 0) is 6.42 Å². The third-order valence-corrected chi connectivity index (χ3v) is 3.63. The highest BCUT2D eigenvalue weighted by Crippen LogP contribution is 2.30. The van der Waals surface area contributed by atoms with Crippen LogP contribution in [0.4, 0.5) is 13.2 Å². The van der Waals surface area contributed by atoms with E-state index in [9.17, 15) is 13.2 Å². The zero-order chi connectivity index (χ0) is 12.2. The Balaban J connectivity index is 2.86. The molecule has 0 amide bonds. The summed E-state index contributed by atoms with van der Waals surface area (Å²) in [6.45, 7) is 0. The Kier molecular flexibility index (Phi) is 5.36. The van der Waals surface area contributed by atoms with E-state index in [1.54, 1.807) is 6.07 Å². The average Bonchev–Trinajstić information content (AvgIpc) is 2.17. The first-order valence-electron chi connectivity index (χ1n) is 4.53. The molecule has 90 valence electrons. The molecular weight excluding hydrogens is 400 g/mol. The number of ether oxygens (including phenoxy) is 1. The summed E-state index contributed by atoms with van der Waals surface area (Å²) < 4.78 is 40.7. The molecule has 16 heavy (non-hydrogen) atoms. The van der Waals surface area contributed by atoms with Gasteiger partial charge in [0.1, 0.15) is 5.75 Å². The zero-order valence-corrected chi connectivity index (χ0v) is 11.9. The van der Waals surface area contributed by atoms with Gasteiger partial charge in [-0.25, -0.2) is 0 Å². The van der Waals surface area contributed by atoms with Gasteiger partial charge in [-0.05, 0) is 47.1 Å². The lowest BCUT2D eigenvalue weighted by atomic mass is 10.1. The summed E-state index contributed by atoms with van der Waals surface area (Å²) in [5, 5.41) is 0.827. The Labute approximate surface area is 114 Å². The topological polar surface area (TPSA) is 9.23 Å². The molecule has 1 nitrogen and oxygen atoms in total. The third kappa shape index (κ3) is 4.48. The highest BCUT2D eigenvalue weighted by molar-refractivity contribution is 14.1. The quantitative estimate of drug-likeness (QED) is 0.525. The van der Waals surface area contributed by atoms with Gasteiger partial charge in [-0.3, -0.25) is 0 Å². The van der Waals surface area contributed by atoms with E-state index in [0.717, 1.165) is 23.7 Å². The van der Waals surface area contributed by atoms with E-state index in [0.29, 0.717) is 3.57 Å². The molecule has 0 radical (unpaired) electrons. The number of halogens is 5. The van der Waals surface area contributed by atoms with E-state index in [4.69, 9.17) is 0 Å². The van der Waals surface area contributed by atoms with Crippen molar-refractivity contribution in [3.63, 3.8) is 0 Å². The number of aryl methyl sites for hydroxylation is 1. The van der Waals surface area contributed by atoms with Gasteiger partial charge in [-0.1, -0.05) is 28.1 Å². The van der Waals surface area contributed by atoms with Crippen molar-refractivity contribution in [2.24, 2.45) is 0 Å². The average molecular weight is 409 g/mol. The van der Waals surface area contributed by atoms with Crippen molar-refractivity contribution < 1.29 is 17.9 Å². The van der Waals surface area contributed by atoms with Gasteiger partial charge in [0, 0.05) is 5.33 Å². The number of hydrogen-bond acceptors (Lipinski definition) is 1. The second-order valence-electron chi connectivity index (χ2n) is 3.07. The lowest BCUT2D eigenvalue weighted by molar-refractivity contribution is -0.275. The maximum Gasteiger partial charge on any atom is 0.573 e. The first kappa shape index (κ1) is 14.1. The molecular formula is C10H9BrF3IO. The van der Waals surface area contributed by atoms with Crippen LogP contribution in [0.1, 0.15) is 12.0 Å². The van der Waals surface area contributed by atoms with E-state index in [1.807, 2.05) is 28.7 Å². The van der Waals surface area contributed by atoms with Crippen molar-refractivity contribution in [3.8, 4) is 5.75 Å². The van der Waals surface area contributed by atoms with E-state index in [2.05, 4.69) is 20.7 Å². The maximum atomic E-state index is 12.1. The largest absolute Gasteiger partial charge is 0.573 e. The second kappa shape index (κ2) is 6.09. The Morgan fingerprint density at radius 2 is 2.00 bits per heavy atom. The van der Waals surface area contributed by atoms with Crippen LogP contribution in [0.5, 0.6) is 5.75 Å². The number of alkyl halides is 4. The summed E-state index contributed by atoms with van der Waals surface area (Å²) in [5.74, 6) is -0.125. The molecule has 0 N–H and O–H groups in total. The number of rotatable bonds is 4. The van der Waals surface area contributed by atoms with Crippen LogP contribution in [0.3, 0.4) is 0 Å². The lowest BCUT2D eigenvalue weighted by Gasteiger charge is -2.12. The monoisotopic (exact) mass is 408 g/mol. The maximum absolute atomic E-state index is 12.1. The van der Waals surface area contributed by atoms with E-state index >= 15 is 0 Å². The molecule has 6 heteroatoms. The zero-order valence-electron chi connectivity index (χ0n) is 8.15. The number of hydrogen-bond donors (Lipinski definition) is 0. The normalized spacial score (nSPS) is 11.6. The fraction of sp³-hybridized carbons (Fsp3) is 0.400. The third-order valence-electron chi connectivity index (χ3n) is 1.85. The summed E-state index contributed by atoms with van der Waals surface area (Å²) in [6, 6.07) is 4.72. The lowest BCUT2D eigenvalue weighted by Crippen LogP contribution is -2.18. The van der Waals surface area contributed by atoms with E-state index in [1.165, 1.54) is 6.07 Å². The fourth-order valence-corrected chi connectivity index (χ4v) is 2.23. The van der Waals surface area contributed by atoms with Gasteiger partial charge in [0.2, 0.25) is 0 Å². The predicted molar refractivity (Wildman–Crippen MR) is 68.0 cm³/mol. The van der Waals surface area contributed by atoms with Gasteiger partial charge < -0.3 is 4.74 Å². The molecule has 0 saturated carbocycles. The van der Waals surface area contributed by atoms with Gasteiger partial charge >= 0.3 is 6.36 Å². The highest BCUT2D eigenvalue weighted by atomic mass is 127. The van der Waals surface area contributed by atoms with Crippen LogP contribution >= 0.6 is 38.5 Å². The first-order valence-corrected chi connectivity index (χ1v) is 6.73. The summed E-state index contributed by atoms with van der Waals surface area (Å²) in [6.07, 6.45) is -3.02. The Hall–Kier alpha value is 0.0200. The van der Waals surface area contributed by atoms with Crippen LogP contribution in [-0.4, -0.2) is 11.7 Å². The Morgan fingerprint density at radius 1 is 1.31 bits per heavy atom. The minimum absolute atomic E-state index is 0.125. The van der Waals surface area contributed by atoms with Gasteiger partial charge in [0.05, 0.1) is 3.57 Å². The predicted octanol–water partition coefficient (Wildman–Crippen LogP) is 4.52. The van der Waals surface area contributed by atoms with Crippen molar-refractivity contribution in [1.82, 2.24) is 0 Å². The van der Waals surface area contributed by atoms with E-state index in [-0.39, 0.29) is 5.75 Å². The molecule has 0 fully saturated rings. The van der Waals surface area contributed by atoms with Gasteiger partial charge in [0.15, 0.2) is 0 Å². The molecule has 1 aromatic carbocycles. The first-order chi connectivity index (χ1) is 7.44. The summed E-state index contributed by atoms with van der Waals surface area (Å²) in [5.41, 5.74) is 0.877. The molecule has 1 aromatic rings. The molecule has 0 spiro atoms. The second-order valence-corrected chi connectivity index (χ2v) is 4.94. The molecule has 0 saturated heterocycles. The SMILES string of the molecule is FC(F)(F)Oc1cccc(CCCBr)c1I. The van der Waals surface area contributed by atoms with E-state index < -0.39 is 6.36 Å². The molecule has 0 unspecified atom stereocenters. The molecule has 0 bridgehead atoms. The minimum Gasteiger partial charge on any atom is -0.405 e. The van der Waals surface area contributed by atoms with Crippen molar-refractivity contribution in [2.45, 2.75) is 19.2 Å². The van der Waals surface area contributed by atoms with Crippen LogP contribution in [0.25, 0.3) is 0 Å². The van der Waals surface area contributed by atoms with Gasteiger partial charge in [-0.15, -0.1) is 13.2 Å². The van der Waals surface area contributed by atoms with Gasteiger partial charge in [0.25, 0.3) is 0 Å². The molecule has 0 aliphatic heterocycles. The summed E-state index contributed by atoms with van der Waals surface area (Å²) in [4.78, 5) is 0. The number of benzene rings is 1. The van der Waals surface area contributed by atoms with Crippen LogP contribution in [0.2, 0.25) is 0 Å². The molecule has 0 aliphatic carbocycles. The Morgan fingerprint density at radius 3 is 2.56 bits per heavy atom. The fourth-order valence-electron chi connectivity index (χ4n) is 1.21.